The number of aryl methyl sites for hydroxylation is 1. The highest BCUT2D eigenvalue weighted by molar-refractivity contribution is 5.61. The number of nitrogens with one attached hydrogen (secondary N) is 1. The maximum Gasteiger partial charge on any atom is 0.301 e. The van der Waals surface area contributed by atoms with Gasteiger partial charge in [-0.1, -0.05) is 0 Å². The van der Waals surface area contributed by atoms with Crippen molar-refractivity contribution >= 4 is 0 Å². The monoisotopic (exact) mass is 284 g/mol. The summed E-state index contributed by atoms with van der Waals surface area (Å²) in [5.74, 6) is -0.341. The van der Waals surface area contributed by atoms with E-state index in [1.165, 1.54) is 16.8 Å². The van der Waals surface area contributed by atoms with Crippen LogP contribution in [0.4, 0.5) is 4.39 Å². The van der Waals surface area contributed by atoms with E-state index in [-0.39, 0.29) is 11.4 Å². The van der Waals surface area contributed by atoms with Crippen molar-refractivity contribution < 1.29 is 4.39 Å². The molecule has 0 bridgehead atoms. The molecule has 0 atom stereocenters. The molecule has 106 valence electrons. The first kappa shape index (κ1) is 12.3. The zero-order valence-corrected chi connectivity index (χ0v) is 11.3. The molecule has 2 aliphatic heterocycles. The Morgan fingerprint density at radius 2 is 1.86 bits per heavy atom. The van der Waals surface area contributed by atoms with Crippen LogP contribution in [0.3, 0.4) is 0 Å². The van der Waals surface area contributed by atoms with Crippen LogP contribution in [-0.4, -0.2) is 20.0 Å². The van der Waals surface area contributed by atoms with E-state index in [9.17, 15) is 9.18 Å². The number of hydrogen-bond acceptors (Lipinski definition) is 3. The van der Waals surface area contributed by atoms with Crippen molar-refractivity contribution in [2.45, 2.75) is 25.7 Å². The average molecular weight is 284 g/mol. The lowest BCUT2D eigenvalue weighted by Crippen LogP contribution is -2.16. The van der Waals surface area contributed by atoms with Crippen LogP contribution in [0, 0.1) is 5.82 Å². The largest absolute Gasteiger partial charge is 0.301 e. The van der Waals surface area contributed by atoms with Gasteiger partial charge >= 0.3 is 5.56 Å². The lowest BCUT2D eigenvalue weighted by molar-refractivity contribution is 0.627. The smallest absolute Gasteiger partial charge is 0.281 e. The second kappa shape index (κ2) is 4.51. The Hall–Kier alpha value is -2.50. The minimum atomic E-state index is -0.341. The highest BCUT2D eigenvalue weighted by Gasteiger charge is 2.25. The quantitative estimate of drug-likeness (QED) is 0.744. The van der Waals surface area contributed by atoms with Crippen LogP contribution >= 0.6 is 0 Å². The van der Waals surface area contributed by atoms with Gasteiger partial charge in [0.2, 0.25) is 0 Å². The fourth-order valence-corrected chi connectivity index (χ4v) is 2.87. The number of fused-ring (bicyclic) bond motifs is 3. The Labute approximate surface area is 119 Å². The number of hydrogen-bond donors (Lipinski definition) is 1. The fraction of sp³-hybridized carbons (Fsp3) is 0.267. The average Bonchev–Trinajstić information content (AvgIpc) is 2.86. The van der Waals surface area contributed by atoms with Gasteiger partial charge in [-0.25, -0.2) is 4.39 Å². The van der Waals surface area contributed by atoms with E-state index >= 15 is 0 Å². The first-order valence-electron chi connectivity index (χ1n) is 6.99. The molecule has 1 N–H and O–H groups in total. The zero-order chi connectivity index (χ0) is 14.4. The Morgan fingerprint density at radius 1 is 1.10 bits per heavy atom. The molecule has 0 radical (unpaired) electrons. The Balaban J connectivity index is 1.95. The topological polar surface area (TPSA) is 63.6 Å². The molecule has 0 spiro atoms. The van der Waals surface area contributed by atoms with Crippen LogP contribution in [0.5, 0.6) is 0 Å². The SMILES string of the molecule is O=c1c2n[nH]c3c(c-2nn1-c1ccc(F)cc1)CCCC3. The van der Waals surface area contributed by atoms with Gasteiger partial charge in [-0.2, -0.15) is 14.9 Å². The van der Waals surface area contributed by atoms with Gasteiger partial charge in [-0.15, -0.1) is 0 Å². The van der Waals surface area contributed by atoms with Crippen molar-refractivity contribution in [3.05, 3.63) is 51.7 Å². The molecule has 0 fully saturated rings. The number of halogens is 1. The minimum absolute atomic E-state index is 0.277. The highest BCUT2D eigenvalue weighted by Crippen LogP contribution is 2.27. The maximum atomic E-state index is 13.0. The van der Waals surface area contributed by atoms with E-state index < -0.39 is 0 Å². The summed E-state index contributed by atoms with van der Waals surface area (Å²) in [7, 11) is 0. The van der Waals surface area contributed by atoms with Crippen molar-refractivity contribution in [2.24, 2.45) is 0 Å². The molecular weight excluding hydrogens is 271 g/mol. The van der Waals surface area contributed by atoms with Crippen molar-refractivity contribution in [3.63, 3.8) is 0 Å². The Bertz CT molecular complexity index is 834. The maximum absolute atomic E-state index is 13.0. The first-order valence-corrected chi connectivity index (χ1v) is 6.99. The van der Waals surface area contributed by atoms with E-state index in [1.807, 2.05) is 0 Å². The molecule has 0 amide bonds. The molecule has 21 heavy (non-hydrogen) atoms. The molecular formula is C15H13FN4O. The Kier molecular flexibility index (Phi) is 2.63. The van der Waals surface area contributed by atoms with Crippen LogP contribution in [0.2, 0.25) is 0 Å². The molecule has 0 saturated heterocycles. The lowest BCUT2D eigenvalue weighted by Gasteiger charge is -2.16. The third-order valence-electron chi connectivity index (χ3n) is 3.95. The first-order chi connectivity index (χ1) is 10.2. The second-order valence-electron chi connectivity index (χ2n) is 5.28. The van der Waals surface area contributed by atoms with Crippen LogP contribution in [0.15, 0.2) is 29.1 Å². The number of aromatic amines is 1. The summed E-state index contributed by atoms with van der Waals surface area (Å²) >= 11 is 0. The number of nitrogens with zero attached hydrogens (tertiary/aromatic N) is 3. The number of aromatic nitrogens is 4. The second-order valence-corrected chi connectivity index (χ2v) is 5.28. The Morgan fingerprint density at radius 3 is 2.67 bits per heavy atom. The van der Waals surface area contributed by atoms with Crippen molar-refractivity contribution in [2.75, 3.05) is 0 Å². The van der Waals surface area contributed by atoms with Gasteiger partial charge in [-0.05, 0) is 49.9 Å². The molecule has 2 heterocycles. The number of benzene rings is 1. The van der Waals surface area contributed by atoms with Crippen molar-refractivity contribution in [1.82, 2.24) is 20.0 Å². The highest BCUT2D eigenvalue weighted by atomic mass is 19.1. The summed E-state index contributed by atoms with van der Waals surface area (Å²) in [5.41, 5.74) is 3.43. The van der Waals surface area contributed by atoms with Gasteiger partial charge in [0.25, 0.3) is 0 Å². The molecule has 1 aliphatic carbocycles. The standard InChI is InChI=1S/C15H13FN4O/c16-9-5-7-10(8-6-9)20-15(21)14-13(19-20)11-3-1-2-4-12(11)17-18-14/h5-8,17H,1-4H2. The van der Waals surface area contributed by atoms with Crippen LogP contribution in [0.1, 0.15) is 24.1 Å². The van der Waals surface area contributed by atoms with E-state index in [1.54, 1.807) is 12.1 Å². The van der Waals surface area contributed by atoms with Crippen LogP contribution in [-0.2, 0) is 12.8 Å². The molecule has 0 aromatic heterocycles. The molecule has 3 aliphatic rings. The normalized spacial score (nSPS) is 14.3. The van der Waals surface area contributed by atoms with Gasteiger partial charge in [0.05, 0.1) is 5.69 Å². The number of H-pyrrole nitrogens is 1. The fourth-order valence-electron chi connectivity index (χ4n) is 2.87. The summed E-state index contributed by atoms with van der Waals surface area (Å²) in [6.45, 7) is 0. The van der Waals surface area contributed by atoms with Crippen molar-refractivity contribution in [3.8, 4) is 17.1 Å². The van der Waals surface area contributed by atoms with E-state index in [2.05, 4.69) is 15.3 Å². The summed E-state index contributed by atoms with van der Waals surface area (Å²) in [6, 6.07) is 5.71. The van der Waals surface area contributed by atoms with E-state index in [4.69, 9.17) is 0 Å². The molecule has 0 unspecified atom stereocenters. The minimum Gasteiger partial charge on any atom is -0.281 e. The lowest BCUT2D eigenvalue weighted by atomic mass is 9.94. The molecule has 4 rings (SSSR count). The summed E-state index contributed by atoms with van der Waals surface area (Å²) in [4.78, 5) is 12.4. The zero-order valence-electron chi connectivity index (χ0n) is 11.3. The van der Waals surface area contributed by atoms with Gasteiger partial charge in [0.15, 0.2) is 5.69 Å². The summed E-state index contributed by atoms with van der Waals surface area (Å²) < 4.78 is 14.3. The van der Waals surface area contributed by atoms with E-state index in [0.29, 0.717) is 17.1 Å². The predicted octanol–water partition coefficient (Wildman–Crippen LogP) is 2.08. The van der Waals surface area contributed by atoms with Gasteiger partial charge in [0.1, 0.15) is 11.5 Å². The van der Waals surface area contributed by atoms with Gasteiger partial charge in [-0.3, -0.25) is 9.89 Å². The third kappa shape index (κ3) is 1.86. The van der Waals surface area contributed by atoms with Crippen LogP contribution < -0.4 is 5.56 Å². The summed E-state index contributed by atoms with van der Waals surface area (Å²) in [6.07, 6.45) is 4.07. The van der Waals surface area contributed by atoms with Gasteiger partial charge < -0.3 is 0 Å². The molecule has 6 heteroatoms. The predicted molar refractivity (Wildman–Crippen MR) is 75.2 cm³/mol. The van der Waals surface area contributed by atoms with Crippen molar-refractivity contribution in [1.29, 1.82) is 0 Å². The summed E-state index contributed by atoms with van der Waals surface area (Å²) in [5, 5.41) is 11.6. The van der Waals surface area contributed by atoms with Crippen LogP contribution in [0.25, 0.3) is 17.1 Å². The van der Waals surface area contributed by atoms with E-state index in [0.717, 1.165) is 36.9 Å². The molecule has 1 aromatic rings. The third-order valence-corrected chi connectivity index (χ3v) is 3.95. The van der Waals surface area contributed by atoms with Gasteiger partial charge in [0, 0.05) is 11.3 Å². The molecule has 1 aromatic carbocycles. The number of rotatable bonds is 1. The molecule has 0 saturated carbocycles. The molecule has 5 nitrogen and oxygen atoms in total.